The Balaban J connectivity index is 1.64. The van der Waals surface area contributed by atoms with E-state index >= 15 is 0 Å². The van der Waals surface area contributed by atoms with Crippen molar-refractivity contribution in [2.75, 3.05) is 9.80 Å². The van der Waals surface area contributed by atoms with E-state index < -0.39 is 17.9 Å². The molecule has 0 N–H and O–H groups in total. The van der Waals surface area contributed by atoms with E-state index in [0.29, 0.717) is 16.3 Å². The van der Waals surface area contributed by atoms with Gasteiger partial charge in [0.2, 0.25) is 11.8 Å². The molecule has 152 valence electrons. The van der Waals surface area contributed by atoms with E-state index in [4.69, 9.17) is 11.6 Å². The van der Waals surface area contributed by atoms with Crippen LogP contribution in [-0.2, 0) is 14.4 Å². The number of nitrogens with zero attached hydrogens (tertiary/aromatic N) is 2. The number of rotatable bonds is 2. The standard InChI is InChI=1S/C24H21ClN2O3/c1-12-7-9-18-15(11-12)8-10-19-20-21(22(14(3)28)26(18)19)24(30)27(23(20)29)17-6-4-5-16(25)13(17)2/h4-11,19-22H,1-3H3. The van der Waals surface area contributed by atoms with Gasteiger partial charge < -0.3 is 4.90 Å². The van der Waals surface area contributed by atoms with E-state index in [-0.39, 0.29) is 23.6 Å². The molecule has 2 aromatic rings. The lowest BCUT2D eigenvalue weighted by Gasteiger charge is -2.36. The molecule has 0 radical (unpaired) electrons. The highest BCUT2D eigenvalue weighted by molar-refractivity contribution is 6.32. The zero-order chi connectivity index (χ0) is 21.3. The highest BCUT2D eigenvalue weighted by Gasteiger charge is 2.63. The van der Waals surface area contributed by atoms with E-state index in [9.17, 15) is 14.4 Å². The maximum absolute atomic E-state index is 13.5. The lowest BCUT2D eigenvalue weighted by Crippen LogP contribution is -2.48. The predicted octanol–water partition coefficient (Wildman–Crippen LogP) is 3.94. The molecule has 2 saturated heterocycles. The monoisotopic (exact) mass is 420 g/mol. The number of amides is 2. The number of imide groups is 1. The van der Waals surface area contributed by atoms with Crippen molar-refractivity contribution in [3.8, 4) is 0 Å². The number of ketones is 1. The Bertz CT molecular complexity index is 1160. The molecule has 5 rings (SSSR count). The van der Waals surface area contributed by atoms with Crippen LogP contribution in [0.15, 0.2) is 42.5 Å². The molecule has 2 fully saturated rings. The molecule has 30 heavy (non-hydrogen) atoms. The minimum absolute atomic E-state index is 0.111. The van der Waals surface area contributed by atoms with Gasteiger partial charge in [0.15, 0.2) is 5.78 Å². The summed E-state index contributed by atoms with van der Waals surface area (Å²) in [7, 11) is 0. The van der Waals surface area contributed by atoms with Crippen LogP contribution < -0.4 is 9.80 Å². The first-order valence-corrected chi connectivity index (χ1v) is 10.4. The Hall–Kier alpha value is -2.92. The summed E-state index contributed by atoms with van der Waals surface area (Å²) >= 11 is 6.24. The largest absolute Gasteiger partial charge is 0.353 e. The van der Waals surface area contributed by atoms with Gasteiger partial charge in [-0.05, 0) is 56.2 Å². The van der Waals surface area contributed by atoms with E-state index in [1.165, 1.54) is 11.8 Å². The first-order chi connectivity index (χ1) is 14.3. The van der Waals surface area contributed by atoms with Gasteiger partial charge in [0.1, 0.15) is 6.04 Å². The van der Waals surface area contributed by atoms with Crippen molar-refractivity contribution in [1.82, 2.24) is 0 Å². The highest BCUT2D eigenvalue weighted by Crippen LogP contribution is 2.49. The summed E-state index contributed by atoms with van der Waals surface area (Å²) in [4.78, 5) is 43.1. The number of benzene rings is 2. The van der Waals surface area contributed by atoms with Crippen molar-refractivity contribution in [2.24, 2.45) is 11.8 Å². The van der Waals surface area contributed by atoms with Crippen molar-refractivity contribution in [3.05, 3.63) is 64.2 Å². The maximum Gasteiger partial charge on any atom is 0.240 e. The van der Waals surface area contributed by atoms with Crippen molar-refractivity contribution < 1.29 is 14.4 Å². The fourth-order valence-corrected chi connectivity index (χ4v) is 5.40. The summed E-state index contributed by atoms with van der Waals surface area (Å²) < 4.78 is 0. The lowest BCUT2D eigenvalue weighted by molar-refractivity contribution is -0.126. The van der Waals surface area contributed by atoms with Gasteiger partial charge in [0, 0.05) is 10.7 Å². The van der Waals surface area contributed by atoms with Crippen LogP contribution in [0.25, 0.3) is 6.08 Å². The van der Waals surface area contributed by atoms with Gasteiger partial charge in [-0.1, -0.05) is 41.4 Å². The first kappa shape index (κ1) is 19.1. The number of hydrogen-bond acceptors (Lipinski definition) is 4. The Morgan fingerprint density at radius 1 is 1.00 bits per heavy atom. The summed E-state index contributed by atoms with van der Waals surface area (Å²) in [6.07, 6.45) is 3.95. The van der Waals surface area contributed by atoms with Crippen LogP contribution in [0.5, 0.6) is 0 Å². The molecule has 3 heterocycles. The number of hydrogen-bond donors (Lipinski definition) is 0. The van der Waals surface area contributed by atoms with Crippen LogP contribution in [0.1, 0.15) is 23.6 Å². The van der Waals surface area contributed by atoms with Crippen LogP contribution >= 0.6 is 11.6 Å². The highest BCUT2D eigenvalue weighted by atomic mass is 35.5. The van der Waals surface area contributed by atoms with E-state index in [1.807, 2.05) is 36.1 Å². The van der Waals surface area contributed by atoms with Crippen LogP contribution in [0.3, 0.4) is 0 Å². The molecule has 0 saturated carbocycles. The number of anilines is 2. The van der Waals surface area contributed by atoms with Crippen LogP contribution in [-0.4, -0.2) is 29.7 Å². The Morgan fingerprint density at radius 3 is 2.47 bits per heavy atom. The Morgan fingerprint density at radius 2 is 1.73 bits per heavy atom. The molecule has 0 bridgehead atoms. The van der Waals surface area contributed by atoms with Gasteiger partial charge in [-0.3, -0.25) is 14.4 Å². The van der Waals surface area contributed by atoms with Gasteiger partial charge in [0.05, 0.1) is 23.6 Å². The van der Waals surface area contributed by atoms with Crippen molar-refractivity contribution >= 4 is 46.6 Å². The van der Waals surface area contributed by atoms with Gasteiger partial charge in [-0.2, -0.15) is 0 Å². The van der Waals surface area contributed by atoms with Crippen LogP contribution in [0, 0.1) is 25.7 Å². The van der Waals surface area contributed by atoms with Crippen molar-refractivity contribution in [1.29, 1.82) is 0 Å². The van der Waals surface area contributed by atoms with E-state index in [2.05, 4.69) is 6.07 Å². The van der Waals surface area contributed by atoms with Crippen LogP contribution in [0.2, 0.25) is 5.02 Å². The van der Waals surface area contributed by atoms with E-state index in [0.717, 1.165) is 16.8 Å². The number of aryl methyl sites for hydroxylation is 1. The number of carbonyl (C=O) groups excluding carboxylic acids is 3. The molecule has 5 nitrogen and oxygen atoms in total. The van der Waals surface area contributed by atoms with E-state index in [1.54, 1.807) is 25.1 Å². The smallest absolute Gasteiger partial charge is 0.240 e. The summed E-state index contributed by atoms with van der Waals surface area (Å²) in [5, 5.41) is 0.497. The molecular formula is C24H21ClN2O3. The first-order valence-electron chi connectivity index (χ1n) is 10.0. The Labute approximate surface area is 179 Å². The van der Waals surface area contributed by atoms with Gasteiger partial charge in [-0.25, -0.2) is 4.90 Å². The minimum atomic E-state index is -0.713. The average molecular weight is 421 g/mol. The zero-order valence-corrected chi connectivity index (χ0v) is 17.7. The number of halogens is 1. The minimum Gasteiger partial charge on any atom is -0.353 e. The van der Waals surface area contributed by atoms with Crippen molar-refractivity contribution in [3.63, 3.8) is 0 Å². The number of Topliss-reactive ketones (excluding diaryl/α,β-unsaturated/α-hetero) is 1. The molecule has 2 amide bonds. The SMILES string of the molecule is CC(=O)C1C2C(=O)N(c3cccc(Cl)c3C)C(=O)C2C2C=Cc3cc(C)ccc3N21. The second-order valence-corrected chi connectivity index (χ2v) is 8.73. The average Bonchev–Trinajstić information content (AvgIpc) is 3.17. The molecule has 4 unspecified atom stereocenters. The summed E-state index contributed by atoms with van der Waals surface area (Å²) in [6, 6.07) is 10.2. The molecule has 0 spiro atoms. The van der Waals surface area contributed by atoms with Gasteiger partial charge in [-0.15, -0.1) is 0 Å². The molecule has 6 heteroatoms. The molecule has 0 aromatic heterocycles. The zero-order valence-electron chi connectivity index (χ0n) is 16.9. The molecule has 0 aliphatic carbocycles. The van der Waals surface area contributed by atoms with Crippen LogP contribution in [0.4, 0.5) is 11.4 Å². The second-order valence-electron chi connectivity index (χ2n) is 8.32. The topological polar surface area (TPSA) is 57.7 Å². The number of fused-ring (bicyclic) bond motifs is 5. The number of carbonyl (C=O) groups is 3. The summed E-state index contributed by atoms with van der Waals surface area (Å²) in [6.45, 7) is 5.31. The van der Waals surface area contributed by atoms with Crippen molar-refractivity contribution in [2.45, 2.75) is 32.9 Å². The third-order valence-electron chi connectivity index (χ3n) is 6.56. The van der Waals surface area contributed by atoms with Gasteiger partial charge in [0.25, 0.3) is 0 Å². The fraction of sp³-hybridized carbons (Fsp3) is 0.292. The van der Waals surface area contributed by atoms with Gasteiger partial charge >= 0.3 is 0 Å². The molecule has 3 aliphatic rings. The quantitative estimate of drug-likeness (QED) is 0.690. The normalized spacial score (nSPS) is 26.7. The lowest BCUT2D eigenvalue weighted by atomic mass is 9.88. The fourth-order valence-electron chi connectivity index (χ4n) is 5.23. The third kappa shape index (κ3) is 2.45. The maximum atomic E-state index is 13.5. The molecule has 2 aromatic carbocycles. The Kier molecular flexibility index (Phi) is 4.16. The third-order valence-corrected chi connectivity index (χ3v) is 6.97. The molecule has 3 aliphatic heterocycles. The summed E-state index contributed by atoms with van der Waals surface area (Å²) in [5.41, 5.74) is 4.19. The predicted molar refractivity (Wildman–Crippen MR) is 117 cm³/mol. The molecule has 4 atom stereocenters. The second kappa shape index (κ2) is 6.54. The molecular weight excluding hydrogens is 400 g/mol. The summed E-state index contributed by atoms with van der Waals surface area (Å²) in [5.74, 6) is -2.02.